The zero-order valence-corrected chi connectivity index (χ0v) is 17.4. The smallest absolute Gasteiger partial charge is 0.225 e. The molecule has 152 valence electrons. The van der Waals surface area contributed by atoms with Crippen LogP contribution >= 0.6 is 0 Å². The van der Waals surface area contributed by atoms with Crippen molar-refractivity contribution in [3.05, 3.63) is 6.33 Å². The van der Waals surface area contributed by atoms with Crippen LogP contribution in [0.15, 0.2) is 6.33 Å². The molecule has 2 aliphatic rings. The predicted molar refractivity (Wildman–Crippen MR) is 110 cm³/mol. The average molecular weight is 386 g/mol. The highest BCUT2D eigenvalue weighted by atomic mass is 16.2. The van der Waals surface area contributed by atoms with E-state index in [1.807, 2.05) is 4.90 Å². The number of rotatable bonds is 7. The van der Waals surface area contributed by atoms with E-state index in [4.69, 9.17) is 4.98 Å². The number of hydrogen-bond acceptors (Lipinski definition) is 6. The number of anilines is 2. The molecule has 1 N–H and O–H groups in total. The summed E-state index contributed by atoms with van der Waals surface area (Å²) >= 11 is 0. The Morgan fingerprint density at radius 2 is 2.11 bits per heavy atom. The van der Waals surface area contributed by atoms with Gasteiger partial charge in [0.15, 0.2) is 17.0 Å². The molecule has 28 heavy (non-hydrogen) atoms. The van der Waals surface area contributed by atoms with Crippen molar-refractivity contribution in [1.29, 1.82) is 0 Å². The minimum absolute atomic E-state index is 0.212. The van der Waals surface area contributed by atoms with Crippen molar-refractivity contribution in [3.63, 3.8) is 0 Å². The molecule has 0 spiro atoms. The maximum atomic E-state index is 12.3. The molecule has 1 aliphatic carbocycles. The molecule has 3 heterocycles. The van der Waals surface area contributed by atoms with Crippen LogP contribution in [-0.4, -0.2) is 63.0 Å². The number of carbonyl (C=O) groups excluding carboxylic acids is 1. The zero-order chi connectivity index (χ0) is 19.8. The minimum Gasteiger partial charge on any atom is -0.364 e. The van der Waals surface area contributed by atoms with Crippen molar-refractivity contribution in [2.24, 2.45) is 11.8 Å². The van der Waals surface area contributed by atoms with Crippen molar-refractivity contribution in [1.82, 2.24) is 24.4 Å². The van der Waals surface area contributed by atoms with Gasteiger partial charge in [-0.1, -0.05) is 13.8 Å². The van der Waals surface area contributed by atoms with Gasteiger partial charge in [0.2, 0.25) is 11.9 Å². The third-order valence-corrected chi connectivity index (χ3v) is 5.58. The van der Waals surface area contributed by atoms with E-state index >= 15 is 0 Å². The van der Waals surface area contributed by atoms with Crippen LogP contribution in [0.4, 0.5) is 11.8 Å². The fourth-order valence-corrected chi connectivity index (χ4v) is 4.10. The highest BCUT2D eigenvalue weighted by molar-refractivity contribution is 5.85. The summed E-state index contributed by atoms with van der Waals surface area (Å²) in [5.41, 5.74) is 1.66. The van der Waals surface area contributed by atoms with E-state index in [1.165, 1.54) is 0 Å². The highest BCUT2D eigenvalue weighted by Gasteiger charge is 2.36. The second-order valence-electron chi connectivity index (χ2n) is 8.51. The van der Waals surface area contributed by atoms with Crippen LogP contribution in [0.2, 0.25) is 0 Å². The van der Waals surface area contributed by atoms with Crippen LogP contribution in [0, 0.1) is 11.8 Å². The number of nitrogens with zero attached hydrogens (tertiary/aromatic N) is 6. The molecule has 1 aliphatic heterocycles. The van der Waals surface area contributed by atoms with E-state index in [-0.39, 0.29) is 12.0 Å². The lowest BCUT2D eigenvalue weighted by molar-refractivity contribution is -0.131. The molecule has 2 aromatic rings. The fraction of sp³-hybridized carbons (Fsp3) is 0.700. The summed E-state index contributed by atoms with van der Waals surface area (Å²) in [6.07, 6.45) is 4.66. The number of hydrogen-bond donors (Lipinski definition) is 1. The minimum atomic E-state index is 0.212. The zero-order valence-electron chi connectivity index (χ0n) is 17.4. The van der Waals surface area contributed by atoms with Gasteiger partial charge in [0.1, 0.15) is 6.33 Å². The van der Waals surface area contributed by atoms with Gasteiger partial charge in [0.25, 0.3) is 0 Å². The monoisotopic (exact) mass is 385 g/mol. The van der Waals surface area contributed by atoms with Gasteiger partial charge < -0.3 is 15.1 Å². The second kappa shape index (κ2) is 7.56. The average Bonchev–Trinajstić information content (AvgIpc) is 3.28. The SMILES string of the molecule is CCn1c(N(C)CC(C)C)nc2c(N[C@H]3CCN(C(=O)C4CC4)C3)ncnc21. The van der Waals surface area contributed by atoms with Crippen molar-refractivity contribution >= 4 is 28.8 Å². The van der Waals surface area contributed by atoms with Crippen LogP contribution < -0.4 is 10.2 Å². The number of imidazole rings is 1. The lowest BCUT2D eigenvalue weighted by Gasteiger charge is -2.20. The topological polar surface area (TPSA) is 79.2 Å². The first-order chi connectivity index (χ1) is 13.5. The number of likely N-dealkylation sites (tertiary alicyclic amines) is 1. The van der Waals surface area contributed by atoms with Gasteiger partial charge in [0, 0.05) is 45.2 Å². The highest BCUT2D eigenvalue weighted by Crippen LogP contribution is 2.33. The Bertz CT molecular complexity index is 858. The first kappa shape index (κ1) is 19.0. The van der Waals surface area contributed by atoms with Gasteiger partial charge in [-0.2, -0.15) is 0 Å². The van der Waals surface area contributed by atoms with Crippen molar-refractivity contribution < 1.29 is 4.79 Å². The van der Waals surface area contributed by atoms with Crippen molar-refractivity contribution in [2.45, 2.75) is 52.6 Å². The summed E-state index contributed by atoms with van der Waals surface area (Å²) in [5.74, 6) is 2.84. The van der Waals surface area contributed by atoms with Crippen LogP contribution in [0.5, 0.6) is 0 Å². The molecular weight excluding hydrogens is 354 g/mol. The van der Waals surface area contributed by atoms with Gasteiger partial charge in [0.05, 0.1) is 0 Å². The van der Waals surface area contributed by atoms with Gasteiger partial charge >= 0.3 is 0 Å². The number of nitrogens with one attached hydrogen (secondary N) is 1. The van der Waals surface area contributed by atoms with Gasteiger partial charge in [-0.3, -0.25) is 9.36 Å². The standard InChI is InChI=1S/C20H31N7O/c1-5-27-18-16(24-20(27)25(4)10-13(2)3)17(21-12-22-18)23-15-8-9-26(11-15)19(28)14-6-7-14/h12-15H,5-11H2,1-4H3,(H,21,22,23)/t15-/m0/s1. The summed E-state index contributed by atoms with van der Waals surface area (Å²) in [5, 5.41) is 3.53. The molecule has 8 nitrogen and oxygen atoms in total. The molecule has 1 atom stereocenters. The van der Waals surface area contributed by atoms with Crippen molar-refractivity contribution in [3.8, 4) is 0 Å². The molecule has 1 saturated carbocycles. The van der Waals surface area contributed by atoms with E-state index < -0.39 is 0 Å². The Labute approximate surface area is 166 Å². The third-order valence-electron chi connectivity index (χ3n) is 5.58. The molecule has 4 rings (SSSR count). The van der Waals surface area contributed by atoms with Gasteiger partial charge in [-0.15, -0.1) is 0 Å². The van der Waals surface area contributed by atoms with E-state index in [0.29, 0.717) is 11.8 Å². The lowest BCUT2D eigenvalue weighted by atomic mass is 10.2. The van der Waals surface area contributed by atoms with Crippen molar-refractivity contribution in [2.75, 3.05) is 36.9 Å². The van der Waals surface area contributed by atoms with Gasteiger partial charge in [-0.25, -0.2) is 15.0 Å². The van der Waals surface area contributed by atoms with Crippen LogP contribution in [0.3, 0.4) is 0 Å². The number of aryl methyl sites for hydroxylation is 1. The van der Waals surface area contributed by atoms with Crippen LogP contribution in [-0.2, 0) is 11.3 Å². The summed E-state index contributed by atoms with van der Waals surface area (Å²) in [6, 6.07) is 0.212. The maximum absolute atomic E-state index is 12.3. The summed E-state index contributed by atoms with van der Waals surface area (Å²) in [7, 11) is 2.08. The quantitative estimate of drug-likeness (QED) is 0.788. The molecule has 8 heteroatoms. The van der Waals surface area contributed by atoms with E-state index in [1.54, 1.807) is 6.33 Å². The molecule has 1 saturated heterocycles. The maximum Gasteiger partial charge on any atom is 0.225 e. The molecule has 0 radical (unpaired) electrons. The van der Waals surface area contributed by atoms with Crippen LogP contribution in [0.25, 0.3) is 11.2 Å². The third kappa shape index (κ3) is 3.64. The normalized spacial score (nSPS) is 19.6. The summed E-state index contributed by atoms with van der Waals surface area (Å²) in [6.45, 7) is 9.83. The second-order valence-corrected chi connectivity index (χ2v) is 8.51. The van der Waals surface area contributed by atoms with E-state index in [9.17, 15) is 4.79 Å². The first-order valence-electron chi connectivity index (χ1n) is 10.5. The number of fused-ring (bicyclic) bond motifs is 1. The number of aromatic nitrogens is 4. The Balaban J connectivity index is 1.56. The fourth-order valence-electron chi connectivity index (χ4n) is 4.10. The molecule has 0 bridgehead atoms. The predicted octanol–water partition coefficient (Wildman–Crippen LogP) is 2.36. The van der Waals surface area contributed by atoms with Gasteiger partial charge in [-0.05, 0) is 32.1 Å². The van der Waals surface area contributed by atoms with E-state index in [0.717, 1.165) is 68.4 Å². The summed E-state index contributed by atoms with van der Waals surface area (Å²) < 4.78 is 2.14. The molecular formula is C20H31N7O. The molecule has 1 amide bonds. The molecule has 2 fully saturated rings. The Hall–Kier alpha value is -2.38. The number of amides is 1. The molecule has 0 unspecified atom stereocenters. The lowest BCUT2D eigenvalue weighted by Crippen LogP contribution is -2.32. The summed E-state index contributed by atoms with van der Waals surface area (Å²) in [4.78, 5) is 30.4. The van der Waals surface area contributed by atoms with E-state index in [2.05, 4.69) is 52.6 Å². The molecule has 2 aromatic heterocycles. The Kier molecular flexibility index (Phi) is 5.12. The Morgan fingerprint density at radius 1 is 1.32 bits per heavy atom. The van der Waals surface area contributed by atoms with Crippen LogP contribution in [0.1, 0.15) is 40.0 Å². The number of carbonyl (C=O) groups is 1. The largest absolute Gasteiger partial charge is 0.364 e. The molecule has 0 aromatic carbocycles. The Morgan fingerprint density at radius 3 is 2.79 bits per heavy atom. The first-order valence-corrected chi connectivity index (χ1v) is 10.5.